The van der Waals surface area contributed by atoms with Gasteiger partial charge in [-0.25, -0.2) is 0 Å². The van der Waals surface area contributed by atoms with Crippen molar-refractivity contribution in [2.45, 2.75) is 26.0 Å². The summed E-state index contributed by atoms with van der Waals surface area (Å²) in [6.07, 6.45) is 0. The van der Waals surface area contributed by atoms with Crippen molar-refractivity contribution in [3.63, 3.8) is 0 Å². The van der Waals surface area contributed by atoms with Gasteiger partial charge in [0.25, 0.3) is 0 Å². The Balaban J connectivity index is 2.64. The summed E-state index contributed by atoms with van der Waals surface area (Å²) in [4.78, 5) is 0. The van der Waals surface area contributed by atoms with Crippen molar-refractivity contribution in [3.05, 3.63) is 23.8 Å². The number of methoxy groups -OCH3 is 2. The van der Waals surface area contributed by atoms with Gasteiger partial charge in [0, 0.05) is 17.2 Å². The first-order valence-corrected chi connectivity index (χ1v) is 5.54. The highest BCUT2D eigenvalue weighted by molar-refractivity contribution is 5.40. The monoisotopic (exact) mass is 239 g/mol. The second-order valence-electron chi connectivity index (χ2n) is 4.66. The number of benzene rings is 1. The molecule has 0 unspecified atom stereocenters. The zero-order valence-corrected chi connectivity index (χ0v) is 10.9. The van der Waals surface area contributed by atoms with Gasteiger partial charge >= 0.3 is 0 Å². The van der Waals surface area contributed by atoms with E-state index in [2.05, 4.69) is 0 Å². The molecule has 96 valence electrons. The molecule has 1 rings (SSSR count). The highest BCUT2D eigenvalue weighted by Gasteiger charge is 2.11. The second kappa shape index (κ2) is 5.89. The molecule has 2 N–H and O–H groups in total. The summed E-state index contributed by atoms with van der Waals surface area (Å²) in [5, 5.41) is 0. The van der Waals surface area contributed by atoms with Crippen LogP contribution in [0, 0.1) is 0 Å². The quantitative estimate of drug-likeness (QED) is 0.824. The molecule has 0 saturated carbocycles. The van der Waals surface area contributed by atoms with Crippen LogP contribution in [0.1, 0.15) is 19.4 Å². The van der Waals surface area contributed by atoms with Crippen LogP contribution in [0.15, 0.2) is 18.2 Å². The lowest BCUT2D eigenvalue weighted by Crippen LogP contribution is -2.37. The average molecular weight is 239 g/mol. The molecule has 0 spiro atoms. The molecule has 0 amide bonds. The zero-order valence-electron chi connectivity index (χ0n) is 10.9. The third-order valence-electron chi connectivity index (χ3n) is 2.23. The van der Waals surface area contributed by atoms with Crippen LogP contribution >= 0.6 is 0 Å². The molecular weight excluding hydrogens is 218 g/mol. The van der Waals surface area contributed by atoms with E-state index in [0.717, 1.165) is 17.1 Å². The van der Waals surface area contributed by atoms with E-state index < -0.39 is 0 Å². The third-order valence-corrected chi connectivity index (χ3v) is 2.23. The van der Waals surface area contributed by atoms with E-state index >= 15 is 0 Å². The SMILES string of the molecule is COc1ccc(COCC(C)(C)N)c(OC)c1. The number of nitrogens with two attached hydrogens (primary N) is 1. The molecule has 1 aromatic carbocycles. The minimum Gasteiger partial charge on any atom is -0.497 e. The lowest BCUT2D eigenvalue weighted by molar-refractivity contribution is 0.0837. The van der Waals surface area contributed by atoms with Gasteiger partial charge in [-0.3, -0.25) is 0 Å². The van der Waals surface area contributed by atoms with Crippen LogP contribution in [0.3, 0.4) is 0 Å². The van der Waals surface area contributed by atoms with Gasteiger partial charge in [0.15, 0.2) is 0 Å². The molecule has 4 heteroatoms. The molecule has 0 heterocycles. The standard InChI is InChI=1S/C13H21NO3/c1-13(2,14)9-17-8-10-5-6-11(15-3)7-12(10)16-4/h5-7H,8-9,14H2,1-4H3. The van der Waals surface area contributed by atoms with E-state index in [0.29, 0.717) is 13.2 Å². The molecule has 0 fully saturated rings. The summed E-state index contributed by atoms with van der Waals surface area (Å²) in [5.41, 5.74) is 6.50. The lowest BCUT2D eigenvalue weighted by Gasteiger charge is -2.19. The molecule has 0 saturated heterocycles. The number of hydrogen-bond acceptors (Lipinski definition) is 4. The van der Waals surface area contributed by atoms with Crippen molar-refractivity contribution in [1.29, 1.82) is 0 Å². The number of rotatable bonds is 6. The van der Waals surface area contributed by atoms with Gasteiger partial charge in [-0.15, -0.1) is 0 Å². The molecule has 0 radical (unpaired) electrons. The zero-order chi connectivity index (χ0) is 12.9. The maximum atomic E-state index is 5.84. The Kier molecular flexibility index (Phi) is 4.78. The molecule has 1 aromatic rings. The maximum absolute atomic E-state index is 5.84. The number of hydrogen-bond donors (Lipinski definition) is 1. The van der Waals surface area contributed by atoms with Crippen molar-refractivity contribution in [1.82, 2.24) is 0 Å². The van der Waals surface area contributed by atoms with Gasteiger partial charge in [-0.1, -0.05) is 0 Å². The Morgan fingerprint density at radius 3 is 2.41 bits per heavy atom. The minimum absolute atomic E-state index is 0.320. The van der Waals surface area contributed by atoms with Crippen molar-refractivity contribution in [2.24, 2.45) is 5.73 Å². The van der Waals surface area contributed by atoms with Gasteiger partial charge < -0.3 is 19.9 Å². The van der Waals surface area contributed by atoms with Gasteiger partial charge in [0.1, 0.15) is 11.5 Å². The molecule has 0 aliphatic heterocycles. The Hall–Kier alpha value is -1.26. The van der Waals surface area contributed by atoms with E-state index in [-0.39, 0.29) is 5.54 Å². The van der Waals surface area contributed by atoms with Crippen molar-refractivity contribution in [3.8, 4) is 11.5 Å². The van der Waals surface area contributed by atoms with Gasteiger partial charge in [-0.2, -0.15) is 0 Å². The second-order valence-corrected chi connectivity index (χ2v) is 4.66. The molecule has 17 heavy (non-hydrogen) atoms. The molecular formula is C13H21NO3. The Morgan fingerprint density at radius 2 is 1.88 bits per heavy atom. The van der Waals surface area contributed by atoms with Gasteiger partial charge in [-0.05, 0) is 26.0 Å². The third kappa shape index (κ3) is 4.63. The summed E-state index contributed by atoms with van der Waals surface area (Å²) >= 11 is 0. The number of ether oxygens (including phenoxy) is 3. The molecule has 0 atom stereocenters. The fraction of sp³-hybridized carbons (Fsp3) is 0.538. The van der Waals surface area contributed by atoms with E-state index in [4.69, 9.17) is 19.9 Å². The molecule has 0 aliphatic carbocycles. The normalized spacial score (nSPS) is 11.4. The first-order chi connectivity index (χ1) is 7.96. The van der Waals surface area contributed by atoms with Crippen LogP contribution in [0.4, 0.5) is 0 Å². The smallest absolute Gasteiger partial charge is 0.128 e. The summed E-state index contributed by atoms with van der Waals surface area (Å²) in [6.45, 7) is 4.84. The highest BCUT2D eigenvalue weighted by Crippen LogP contribution is 2.25. The Bertz CT molecular complexity index is 358. The molecule has 0 aromatic heterocycles. The minimum atomic E-state index is -0.320. The van der Waals surface area contributed by atoms with Crippen LogP contribution in [-0.4, -0.2) is 26.4 Å². The molecule has 0 bridgehead atoms. The van der Waals surface area contributed by atoms with Gasteiger partial charge in [0.2, 0.25) is 0 Å². The largest absolute Gasteiger partial charge is 0.497 e. The lowest BCUT2D eigenvalue weighted by atomic mass is 10.1. The van der Waals surface area contributed by atoms with Crippen LogP contribution in [0.2, 0.25) is 0 Å². The Labute approximate surface area is 103 Å². The predicted octanol–water partition coefficient (Wildman–Crippen LogP) is 1.96. The molecule has 4 nitrogen and oxygen atoms in total. The summed E-state index contributed by atoms with van der Waals surface area (Å²) < 4.78 is 16.0. The average Bonchev–Trinajstić information content (AvgIpc) is 2.27. The predicted molar refractivity (Wildman–Crippen MR) is 67.5 cm³/mol. The first-order valence-electron chi connectivity index (χ1n) is 5.54. The summed E-state index contributed by atoms with van der Waals surface area (Å²) in [5.74, 6) is 1.53. The fourth-order valence-corrected chi connectivity index (χ4v) is 1.40. The topological polar surface area (TPSA) is 53.7 Å². The van der Waals surface area contributed by atoms with Crippen molar-refractivity contribution < 1.29 is 14.2 Å². The Morgan fingerprint density at radius 1 is 1.18 bits per heavy atom. The molecule has 0 aliphatic rings. The van der Waals surface area contributed by atoms with E-state index in [1.807, 2.05) is 32.0 Å². The summed E-state index contributed by atoms with van der Waals surface area (Å²) in [6, 6.07) is 5.66. The van der Waals surface area contributed by atoms with E-state index in [1.165, 1.54) is 0 Å². The van der Waals surface area contributed by atoms with Crippen molar-refractivity contribution >= 4 is 0 Å². The van der Waals surface area contributed by atoms with Crippen molar-refractivity contribution in [2.75, 3.05) is 20.8 Å². The van der Waals surface area contributed by atoms with E-state index in [1.54, 1.807) is 14.2 Å². The van der Waals surface area contributed by atoms with Gasteiger partial charge in [0.05, 0.1) is 27.4 Å². The van der Waals surface area contributed by atoms with Crippen LogP contribution in [0.25, 0.3) is 0 Å². The fourth-order valence-electron chi connectivity index (χ4n) is 1.40. The van der Waals surface area contributed by atoms with Crippen LogP contribution in [-0.2, 0) is 11.3 Å². The maximum Gasteiger partial charge on any atom is 0.128 e. The first kappa shape index (κ1) is 13.8. The van der Waals surface area contributed by atoms with Crippen LogP contribution < -0.4 is 15.2 Å². The van der Waals surface area contributed by atoms with E-state index in [9.17, 15) is 0 Å². The summed E-state index contributed by atoms with van der Waals surface area (Å²) in [7, 11) is 3.26. The highest BCUT2D eigenvalue weighted by atomic mass is 16.5. The van der Waals surface area contributed by atoms with Crippen LogP contribution in [0.5, 0.6) is 11.5 Å².